The van der Waals surface area contributed by atoms with Crippen molar-refractivity contribution < 1.29 is 0 Å². The third-order valence-corrected chi connectivity index (χ3v) is 4.86. The van der Waals surface area contributed by atoms with Crippen LogP contribution in [-0.4, -0.2) is 48.1 Å². The molecule has 1 N–H and O–H groups in total. The average Bonchev–Trinajstić information content (AvgIpc) is 2.49. The van der Waals surface area contributed by atoms with Crippen LogP contribution in [0.3, 0.4) is 0 Å². The van der Waals surface area contributed by atoms with Gasteiger partial charge in [-0.2, -0.15) is 11.8 Å². The van der Waals surface area contributed by atoms with Crippen molar-refractivity contribution in [1.82, 2.24) is 10.2 Å². The molecule has 0 bridgehead atoms. The van der Waals surface area contributed by atoms with Gasteiger partial charge in [-0.05, 0) is 32.2 Å². The Morgan fingerprint density at radius 1 is 1.31 bits per heavy atom. The maximum Gasteiger partial charge on any atom is 0.0231 e. The Morgan fingerprint density at radius 3 is 2.62 bits per heavy atom. The summed E-state index contributed by atoms with van der Waals surface area (Å²) in [6.45, 7) is 13.4. The van der Waals surface area contributed by atoms with Crippen LogP contribution in [0, 0.1) is 5.41 Å². The largest absolute Gasteiger partial charge is 0.316 e. The summed E-state index contributed by atoms with van der Waals surface area (Å²) >= 11 is 2.12. The molecule has 2 fully saturated rings. The van der Waals surface area contributed by atoms with Crippen molar-refractivity contribution in [3.8, 4) is 0 Å². The lowest BCUT2D eigenvalue weighted by Gasteiger charge is -2.41. The Hall–Kier alpha value is 0.560. The van der Waals surface area contributed by atoms with Gasteiger partial charge in [0.15, 0.2) is 0 Å². The van der Waals surface area contributed by atoms with Gasteiger partial charge >= 0.3 is 0 Å². The number of rotatable bonds is 2. The summed E-state index contributed by atoms with van der Waals surface area (Å²) in [6, 6.07) is 0. The van der Waals surface area contributed by atoms with Crippen LogP contribution < -0.4 is 5.32 Å². The van der Waals surface area contributed by atoms with E-state index in [0.29, 0.717) is 10.2 Å². The maximum absolute atomic E-state index is 3.49. The Bertz CT molecular complexity index is 227. The van der Waals surface area contributed by atoms with Gasteiger partial charge in [-0.1, -0.05) is 6.92 Å². The number of halogens is 1. The molecule has 0 spiro atoms. The van der Waals surface area contributed by atoms with Crippen LogP contribution in [0.25, 0.3) is 0 Å². The average molecular weight is 265 g/mol. The maximum atomic E-state index is 3.49. The first kappa shape index (κ1) is 14.6. The van der Waals surface area contributed by atoms with Crippen molar-refractivity contribution in [3.05, 3.63) is 0 Å². The van der Waals surface area contributed by atoms with E-state index in [1.807, 2.05) is 0 Å². The first-order valence-corrected chi connectivity index (χ1v) is 7.05. The van der Waals surface area contributed by atoms with E-state index in [2.05, 4.69) is 42.7 Å². The van der Waals surface area contributed by atoms with Gasteiger partial charge in [0.25, 0.3) is 0 Å². The van der Waals surface area contributed by atoms with Crippen molar-refractivity contribution in [2.75, 3.05) is 38.5 Å². The van der Waals surface area contributed by atoms with E-state index in [1.165, 1.54) is 44.9 Å². The van der Waals surface area contributed by atoms with E-state index in [0.717, 1.165) is 0 Å². The molecule has 0 aromatic heterocycles. The van der Waals surface area contributed by atoms with Crippen molar-refractivity contribution in [2.24, 2.45) is 5.41 Å². The highest BCUT2D eigenvalue weighted by Crippen LogP contribution is 2.32. The smallest absolute Gasteiger partial charge is 0.0231 e. The van der Waals surface area contributed by atoms with Crippen molar-refractivity contribution in [2.45, 2.75) is 31.9 Å². The number of nitrogens with zero attached hydrogens (tertiary/aromatic N) is 1. The molecule has 1 atom stereocenters. The lowest BCUT2D eigenvalue weighted by molar-refractivity contribution is 0.171. The molecular formula is C12H25ClN2S. The molecule has 0 aliphatic carbocycles. The zero-order chi connectivity index (χ0) is 10.9. The monoisotopic (exact) mass is 264 g/mol. The minimum Gasteiger partial charge on any atom is -0.316 e. The number of hydrogen-bond acceptors (Lipinski definition) is 3. The van der Waals surface area contributed by atoms with Gasteiger partial charge in [0, 0.05) is 36.7 Å². The Kier molecular flexibility index (Phi) is 5.00. The second-order valence-electron chi connectivity index (χ2n) is 6.06. The van der Waals surface area contributed by atoms with Crippen LogP contribution >= 0.6 is 24.2 Å². The lowest BCUT2D eigenvalue weighted by atomic mass is 9.89. The second-order valence-corrected chi connectivity index (χ2v) is 7.86. The molecule has 1 unspecified atom stereocenters. The number of hydrogen-bond donors (Lipinski definition) is 1. The van der Waals surface area contributed by atoms with Gasteiger partial charge in [-0.25, -0.2) is 0 Å². The van der Waals surface area contributed by atoms with Gasteiger partial charge < -0.3 is 10.2 Å². The van der Waals surface area contributed by atoms with Crippen molar-refractivity contribution in [3.63, 3.8) is 0 Å². The van der Waals surface area contributed by atoms with Crippen LogP contribution in [0.2, 0.25) is 0 Å². The zero-order valence-electron chi connectivity index (χ0n) is 10.7. The van der Waals surface area contributed by atoms with Crippen molar-refractivity contribution in [1.29, 1.82) is 0 Å². The van der Waals surface area contributed by atoms with E-state index in [1.54, 1.807) is 0 Å². The van der Waals surface area contributed by atoms with Gasteiger partial charge in [0.05, 0.1) is 0 Å². The predicted octanol–water partition coefficient (Wildman–Crippen LogP) is 2.24. The Balaban J connectivity index is 0.00000128. The lowest BCUT2D eigenvalue weighted by Crippen LogP contribution is -2.47. The first-order chi connectivity index (χ1) is 6.99. The van der Waals surface area contributed by atoms with Gasteiger partial charge in [-0.15, -0.1) is 12.4 Å². The summed E-state index contributed by atoms with van der Waals surface area (Å²) in [5.41, 5.74) is 0.526. The van der Waals surface area contributed by atoms with Gasteiger partial charge in [-0.3, -0.25) is 0 Å². The van der Waals surface area contributed by atoms with Gasteiger partial charge in [0.2, 0.25) is 0 Å². The standard InChI is InChI=1S/C12H24N2S.ClH/c1-11(2)9-14(6-7-15-11)10-12(3)4-5-13-8-12;/h13H,4-10H2,1-3H3;1H. The molecule has 0 amide bonds. The van der Waals surface area contributed by atoms with Crippen LogP contribution in [0.4, 0.5) is 0 Å². The minimum absolute atomic E-state index is 0. The summed E-state index contributed by atoms with van der Waals surface area (Å²) < 4.78 is 0.459. The highest BCUT2D eigenvalue weighted by molar-refractivity contribution is 8.00. The summed E-state index contributed by atoms with van der Waals surface area (Å²) in [4.78, 5) is 2.67. The van der Waals surface area contributed by atoms with E-state index >= 15 is 0 Å². The summed E-state index contributed by atoms with van der Waals surface area (Å²) in [6.07, 6.45) is 1.34. The molecule has 16 heavy (non-hydrogen) atoms. The van der Waals surface area contributed by atoms with Crippen LogP contribution in [0.1, 0.15) is 27.2 Å². The predicted molar refractivity (Wildman–Crippen MR) is 75.8 cm³/mol. The molecular weight excluding hydrogens is 240 g/mol. The topological polar surface area (TPSA) is 15.3 Å². The minimum atomic E-state index is 0. The summed E-state index contributed by atoms with van der Waals surface area (Å²) in [7, 11) is 0. The Labute approximate surface area is 110 Å². The third-order valence-electron chi connectivity index (χ3n) is 3.57. The molecule has 2 rings (SSSR count). The normalized spacial score (nSPS) is 34.7. The highest BCUT2D eigenvalue weighted by atomic mass is 35.5. The van der Waals surface area contributed by atoms with E-state index < -0.39 is 0 Å². The molecule has 2 nitrogen and oxygen atoms in total. The fraction of sp³-hybridized carbons (Fsp3) is 1.00. The van der Waals surface area contributed by atoms with Gasteiger partial charge in [0.1, 0.15) is 0 Å². The fourth-order valence-corrected chi connectivity index (χ4v) is 3.97. The molecule has 0 aromatic rings. The molecule has 0 aromatic carbocycles. The van der Waals surface area contributed by atoms with E-state index in [-0.39, 0.29) is 12.4 Å². The Morgan fingerprint density at radius 2 is 2.06 bits per heavy atom. The van der Waals surface area contributed by atoms with Crippen LogP contribution in [0.5, 0.6) is 0 Å². The van der Waals surface area contributed by atoms with E-state index in [9.17, 15) is 0 Å². The van der Waals surface area contributed by atoms with E-state index in [4.69, 9.17) is 0 Å². The summed E-state index contributed by atoms with van der Waals surface area (Å²) in [5.74, 6) is 1.30. The highest BCUT2D eigenvalue weighted by Gasteiger charge is 2.34. The quantitative estimate of drug-likeness (QED) is 0.824. The van der Waals surface area contributed by atoms with Crippen molar-refractivity contribution >= 4 is 24.2 Å². The molecule has 0 radical (unpaired) electrons. The third kappa shape index (κ3) is 3.80. The van der Waals surface area contributed by atoms with Crippen LogP contribution in [0.15, 0.2) is 0 Å². The molecule has 2 saturated heterocycles. The molecule has 2 aliphatic rings. The molecule has 0 saturated carbocycles. The SMILES string of the molecule is CC1(CN2CCSC(C)(C)C2)CCNC1.Cl. The summed E-state index contributed by atoms with van der Waals surface area (Å²) in [5, 5.41) is 3.49. The molecule has 2 heterocycles. The fourth-order valence-electron chi connectivity index (χ4n) is 2.79. The second kappa shape index (κ2) is 5.47. The zero-order valence-corrected chi connectivity index (χ0v) is 12.3. The van der Waals surface area contributed by atoms with Crippen LogP contribution in [-0.2, 0) is 0 Å². The number of nitrogens with one attached hydrogen (secondary N) is 1. The molecule has 96 valence electrons. The first-order valence-electron chi connectivity index (χ1n) is 6.06. The molecule has 4 heteroatoms. The number of thioether (sulfide) groups is 1. The molecule has 2 aliphatic heterocycles.